The second-order valence-corrected chi connectivity index (χ2v) is 7.15. The molecule has 6 N–H and O–H groups in total. The Balaban J connectivity index is 1.74. The first-order valence-corrected chi connectivity index (χ1v) is 9.18. The number of aromatic nitrogens is 4. The first kappa shape index (κ1) is 19.4. The molecule has 1 amide bonds. The van der Waals surface area contributed by atoms with E-state index in [1.165, 1.54) is 17.2 Å². The SMILES string of the molecule is C=CC(=O)NP(=O)(O)OCC1OC(n2cnc3c(N)ncnc32)C(O)C1O. The van der Waals surface area contributed by atoms with Gasteiger partial charge in [0.1, 0.15) is 30.2 Å². The number of imidazole rings is 1. The lowest BCUT2D eigenvalue weighted by molar-refractivity contribution is -0.115. The summed E-state index contributed by atoms with van der Waals surface area (Å²) in [5, 5.41) is 22.1. The molecule has 0 aromatic carbocycles. The zero-order valence-corrected chi connectivity index (χ0v) is 14.6. The van der Waals surface area contributed by atoms with E-state index in [0.717, 1.165) is 6.08 Å². The van der Waals surface area contributed by atoms with Crippen molar-refractivity contribution in [1.82, 2.24) is 24.6 Å². The van der Waals surface area contributed by atoms with Gasteiger partial charge in [0.25, 0.3) is 5.91 Å². The number of amides is 1. The highest BCUT2D eigenvalue weighted by Gasteiger charge is 2.45. The smallest absolute Gasteiger partial charge is 0.387 e. The molecule has 0 aliphatic carbocycles. The van der Waals surface area contributed by atoms with Crippen molar-refractivity contribution in [2.24, 2.45) is 0 Å². The van der Waals surface area contributed by atoms with Gasteiger partial charge >= 0.3 is 7.75 Å². The van der Waals surface area contributed by atoms with Crippen LogP contribution < -0.4 is 10.8 Å². The average Bonchev–Trinajstić information content (AvgIpc) is 3.16. The summed E-state index contributed by atoms with van der Waals surface area (Å²) in [7, 11) is -4.49. The Bertz CT molecular complexity index is 920. The van der Waals surface area contributed by atoms with Crippen molar-refractivity contribution in [2.45, 2.75) is 24.5 Å². The molecule has 0 bridgehead atoms. The molecular weight excluding hydrogens is 383 g/mol. The number of fused-ring (bicyclic) bond motifs is 1. The van der Waals surface area contributed by atoms with Crippen molar-refractivity contribution < 1.29 is 33.7 Å². The molecule has 3 rings (SSSR count). The van der Waals surface area contributed by atoms with E-state index in [4.69, 9.17) is 15.0 Å². The predicted molar refractivity (Wildman–Crippen MR) is 89.8 cm³/mol. The molecule has 146 valence electrons. The number of anilines is 1. The van der Waals surface area contributed by atoms with Crippen LogP contribution in [-0.4, -0.2) is 65.5 Å². The Morgan fingerprint density at radius 1 is 1.44 bits per heavy atom. The minimum absolute atomic E-state index is 0.130. The normalized spacial score (nSPS) is 27.4. The second-order valence-electron chi connectivity index (χ2n) is 5.63. The number of aliphatic hydroxyl groups excluding tert-OH is 2. The zero-order chi connectivity index (χ0) is 19.8. The van der Waals surface area contributed by atoms with E-state index in [0.29, 0.717) is 0 Å². The number of nitrogens with one attached hydrogen (secondary N) is 1. The number of nitrogens with two attached hydrogens (primary N) is 1. The van der Waals surface area contributed by atoms with Crippen LogP contribution in [0.25, 0.3) is 11.2 Å². The first-order valence-electron chi connectivity index (χ1n) is 7.60. The van der Waals surface area contributed by atoms with Gasteiger partial charge < -0.3 is 25.6 Å². The van der Waals surface area contributed by atoms with Crippen molar-refractivity contribution >= 4 is 30.6 Å². The van der Waals surface area contributed by atoms with E-state index < -0.39 is 44.8 Å². The summed E-state index contributed by atoms with van der Waals surface area (Å²) in [4.78, 5) is 32.5. The molecule has 5 atom stereocenters. The fourth-order valence-electron chi connectivity index (χ4n) is 2.54. The molecule has 0 saturated carbocycles. The number of carbonyl (C=O) groups excluding carboxylic acids is 1. The lowest BCUT2D eigenvalue weighted by atomic mass is 10.1. The van der Waals surface area contributed by atoms with Gasteiger partial charge in [0.15, 0.2) is 17.7 Å². The zero-order valence-electron chi connectivity index (χ0n) is 13.7. The summed E-state index contributed by atoms with van der Waals surface area (Å²) < 4.78 is 23.4. The van der Waals surface area contributed by atoms with Crippen LogP contribution >= 0.6 is 7.75 Å². The van der Waals surface area contributed by atoms with Crippen LogP contribution in [0.4, 0.5) is 5.82 Å². The topological polar surface area (TPSA) is 195 Å². The molecule has 0 radical (unpaired) electrons. The van der Waals surface area contributed by atoms with Crippen LogP contribution in [0.2, 0.25) is 0 Å². The summed E-state index contributed by atoms with van der Waals surface area (Å²) >= 11 is 0. The van der Waals surface area contributed by atoms with Crippen LogP contribution in [0.1, 0.15) is 6.23 Å². The van der Waals surface area contributed by atoms with Gasteiger partial charge in [0.2, 0.25) is 0 Å². The predicted octanol–water partition coefficient (Wildman–Crippen LogP) is -1.55. The maximum atomic E-state index is 11.8. The molecule has 5 unspecified atom stereocenters. The average molecular weight is 400 g/mol. The number of ether oxygens (including phenoxy) is 1. The van der Waals surface area contributed by atoms with Gasteiger partial charge in [-0.05, 0) is 6.08 Å². The summed E-state index contributed by atoms with van der Waals surface area (Å²) in [5.41, 5.74) is 6.26. The fraction of sp³-hybridized carbons (Fsp3) is 0.385. The Labute approximate surface area is 152 Å². The molecule has 3 heterocycles. The quantitative estimate of drug-likeness (QED) is 0.278. The maximum absolute atomic E-state index is 11.8. The van der Waals surface area contributed by atoms with Gasteiger partial charge in [-0.2, -0.15) is 0 Å². The van der Waals surface area contributed by atoms with Crippen molar-refractivity contribution in [1.29, 1.82) is 0 Å². The van der Waals surface area contributed by atoms with E-state index in [1.807, 2.05) is 0 Å². The Kier molecular flexibility index (Phi) is 5.24. The number of rotatable bonds is 6. The van der Waals surface area contributed by atoms with E-state index in [9.17, 15) is 24.5 Å². The third kappa shape index (κ3) is 3.83. The van der Waals surface area contributed by atoms with Gasteiger partial charge in [0.05, 0.1) is 12.9 Å². The largest absolute Gasteiger partial charge is 0.432 e. The molecule has 2 aromatic heterocycles. The van der Waals surface area contributed by atoms with Crippen LogP contribution in [0, 0.1) is 0 Å². The lowest BCUT2D eigenvalue weighted by Crippen LogP contribution is -2.34. The van der Waals surface area contributed by atoms with Gasteiger partial charge in [-0.25, -0.2) is 19.5 Å². The maximum Gasteiger partial charge on any atom is 0.432 e. The fourth-order valence-corrected chi connectivity index (χ4v) is 3.33. The molecule has 1 fully saturated rings. The minimum Gasteiger partial charge on any atom is -0.387 e. The number of nitrogens with zero attached hydrogens (tertiary/aromatic N) is 4. The van der Waals surface area contributed by atoms with Crippen LogP contribution in [-0.2, 0) is 18.6 Å². The molecule has 13 nitrogen and oxygen atoms in total. The number of nitrogen functional groups attached to an aromatic ring is 1. The highest BCUT2D eigenvalue weighted by Crippen LogP contribution is 2.39. The summed E-state index contributed by atoms with van der Waals surface area (Å²) in [5.74, 6) is -0.778. The van der Waals surface area contributed by atoms with Gasteiger partial charge in [0, 0.05) is 0 Å². The molecule has 14 heteroatoms. The Morgan fingerprint density at radius 2 is 2.19 bits per heavy atom. The molecule has 1 saturated heterocycles. The van der Waals surface area contributed by atoms with E-state index in [-0.39, 0.29) is 17.0 Å². The van der Waals surface area contributed by atoms with Crippen molar-refractivity contribution in [3.8, 4) is 0 Å². The van der Waals surface area contributed by atoms with Gasteiger partial charge in [-0.1, -0.05) is 6.58 Å². The van der Waals surface area contributed by atoms with Crippen LogP contribution in [0.3, 0.4) is 0 Å². The second kappa shape index (κ2) is 7.31. The third-order valence-electron chi connectivity index (χ3n) is 3.85. The minimum atomic E-state index is -4.49. The number of aliphatic hydroxyl groups is 2. The first-order chi connectivity index (χ1) is 12.7. The highest BCUT2D eigenvalue weighted by molar-refractivity contribution is 7.51. The number of hydrogen-bond acceptors (Lipinski definition) is 10. The summed E-state index contributed by atoms with van der Waals surface area (Å²) in [6, 6.07) is 0. The molecule has 27 heavy (non-hydrogen) atoms. The molecular formula is C13H17N6O7P. The van der Waals surface area contributed by atoms with Crippen molar-refractivity contribution in [3.63, 3.8) is 0 Å². The molecule has 1 aliphatic rings. The molecule has 1 aliphatic heterocycles. The standard InChI is InChI=1S/C13H17N6O7P/c1-2-7(20)18-27(23,24)25-3-6-9(21)10(22)13(26-6)19-5-17-8-11(14)15-4-16-12(8)19/h2,4-6,9-10,13,21-22H,1,3H2,(H2,14,15,16)(H2,18,20,23,24). The third-order valence-corrected chi connectivity index (χ3v) is 4.85. The molecule has 0 spiro atoms. The lowest BCUT2D eigenvalue weighted by Gasteiger charge is -2.17. The molecule has 2 aromatic rings. The van der Waals surface area contributed by atoms with E-state index >= 15 is 0 Å². The van der Waals surface area contributed by atoms with Gasteiger partial charge in [-0.3, -0.25) is 19.0 Å². The summed E-state index contributed by atoms with van der Waals surface area (Å²) in [6.07, 6.45) is -1.81. The van der Waals surface area contributed by atoms with Gasteiger partial charge in [-0.15, -0.1) is 0 Å². The van der Waals surface area contributed by atoms with Crippen molar-refractivity contribution in [2.75, 3.05) is 12.3 Å². The highest BCUT2D eigenvalue weighted by atomic mass is 31.2. The monoisotopic (exact) mass is 400 g/mol. The van der Waals surface area contributed by atoms with Crippen molar-refractivity contribution in [3.05, 3.63) is 25.3 Å². The van der Waals surface area contributed by atoms with Crippen LogP contribution in [0.15, 0.2) is 25.3 Å². The Morgan fingerprint density at radius 3 is 2.89 bits per heavy atom. The number of carbonyl (C=O) groups is 1. The summed E-state index contributed by atoms with van der Waals surface area (Å²) in [6.45, 7) is 2.57. The number of hydrogen-bond donors (Lipinski definition) is 5. The Hall–Kier alpha value is -2.41. The van der Waals surface area contributed by atoms with E-state index in [1.54, 1.807) is 5.09 Å². The van der Waals surface area contributed by atoms with E-state index in [2.05, 4.69) is 21.5 Å². The van der Waals surface area contributed by atoms with Crippen LogP contribution in [0.5, 0.6) is 0 Å².